The first-order chi connectivity index (χ1) is 12.1. The number of likely N-dealkylation sites (tertiary alicyclic amines) is 1. The number of rotatable bonds is 8. The van der Waals surface area contributed by atoms with Crippen LogP contribution in [0, 0.1) is 5.92 Å². The van der Waals surface area contributed by atoms with Gasteiger partial charge in [0.25, 0.3) is 0 Å². The zero-order valence-corrected chi connectivity index (χ0v) is 16.5. The first-order valence-electron chi connectivity index (χ1n) is 9.47. The number of hydrogen-bond acceptors (Lipinski definition) is 3. The molecule has 2 rings (SSSR count). The molecule has 0 aliphatic carbocycles. The van der Waals surface area contributed by atoms with Gasteiger partial charge in [-0.2, -0.15) is 0 Å². The van der Waals surface area contributed by atoms with Crippen LogP contribution in [0.5, 0.6) is 0 Å². The fraction of sp³-hybridized carbons (Fsp3) is 0.600. The minimum Gasteiger partial charge on any atom is -0.355 e. The first-order valence-corrected chi connectivity index (χ1v) is 9.47. The monoisotopic (exact) mass is 381 g/mol. The summed E-state index contributed by atoms with van der Waals surface area (Å²) in [4.78, 5) is 26.5. The lowest BCUT2D eigenvalue weighted by atomic mass is 9.96. The molecule has 2 amide bonds. The maximum atomic E-state index is 12.6. The number of amides is 2. The Labute approximate surface area is 163 Å². The average Bonchev–Trinajstić information content (AvgIpc) is 2.65. The summed E-state index contributed by atoms with van der Waals surface area (Å²) in [6.07, 6.45) is 5.60. The number of halogens is 1. The Morgan fingerprint density at radius 1 is 1.23 bits per heavy atom. The summed E-state index contributed by atoms with van der Waals surface area (Å²) in [6.45, 7) is 4.39. The number of hydrogen-bond donors (Lipinski definition) is 2. The molecule has 1 aromatic rings. The molecule has 3 N–H and O–H groups in total. The molecule has 1 unspecified atom stereocenters. The predicted octanol–water partition coefficient (Wildman–Crippen LogP) is 2.31. The molecule has 0 radical (unpaired) electrons. The van der Waals surface area contributed by atoms with Crippen molar-refractivity contribution in [3.05, 3.63) is 35.4 Å². The van der Waals surface area contributed by atoms with Crippen LogP contribution < -0.4 is 11.1 Å². The molecule has 1 aliphatic heterocycles. The van der Waals surface area contributed by atoms with Gasteiger partial charge in [-0.1, -0.05) is 37.6 Å². The molecule has 1 atom stereocenters. The van der Waals surface area contributed by atoms with Crippen LogP contribution in [-0.2, 0) is 22.4 Å². The quantitative estimate of drug-likeness (QED) is 0.725. The van der Waals surface area contributed by atoms with Gasteiger partial charge in [-0.25, -0.2) is 0 Å². The number of piperidine rings is 1. The first kappa shape index (κ1) is 22.5. The second-order valence-electron chi connectivity index (χ2n) is 6.86. The normalized spacial score (nSPS) is 16.7. The Bertz CT molecular complexity index is 563. The Morgan fingerprint density at radius 2 is 1.92 bits per heavy atom. The lowest BCUT2D eigenvalue weighted by molar-refractivity contribution is -0.135. The molecule has 0 saturated carbocycles. The fourth-order valence-corrected chi connectivity index (χ4v) is 3.25. The number of benzene rings is 1. The maximum absolute atomic E-state index is 12.6. The van der Waals surface area contributed by atoms with Crippen LogP contribution in [0.15, 0.2) is 24.3 Å². The lowest BCUT2D eigenvalue weighted by Gasteiger charge is -2.32. The molecule has 1 aromatic carbocycles. The van der Waals surface area contributed by atoms with Crippen LogP contribution in [0.3, 0.4) is 0 Å². The topological polar surface area (TPSA) is 75.4 Å². The Kier molecular flexibility index (Phi) is 10.3. The molecule has 6 heteroatoms. The van der Waals surface area contributed by atoms with Gasteiger partial charge in [0.1, 0.15) is 0 Å². The number of aryl methyl sites for hydroxylation is 1. The van der Waals surface area contributed by atoms with Gasteiger partial charge in [-0.05, 0) is 36.8 Å². The van der Waals surface area contributed by atoms with Crippen LogP contribution in [0.25, 0.3) is 0 Å². The van der Waals surface area contributed by atoms with Crippen molar-refractivity contribution in [1.29, 1.82) is 0 Å². The lowest BCUT2D eigenvalue weighted by Crippen LogP contribution is -2.46. The Hall–Kier alpha value is -1.59. The van der Waals surface area contributed by atoms with Gasteiger partial charge >= 0.3 is 0 Å². The number of nitrogens with zero attached hydrogens (tertiary/aromatic N) is 1. The minimum absolute atomic E-state index is 0. The van der Waals surface area contributed by atoms with Crippen molar-refractivity contribution in [3.63, 3.8) is 0 Å². The SMILES string of the molecule is CCCCc1ccc(CC(=O)N2CCCC(C(=O)NCCN)C2)cc1.Cl. The van der Waals surface area contributed by atoms with Crippen molar-refractivity contribution in [3.8, 4) is 0 Å². The van der Waals surface area contributed by atoms with Gasteiger partial charge in [-0.15, -0.1) is 12.4 Å². The second-order valence-corrected chi connectivity index (χ2v) is 6.86. The zero-order chi connectivity index (χ0) is 18.1. The van der Waals surface area contributed by atoms with Crippen LogP contribution in [0.1, 0.15) is 43.7 Å². The van der Waals surface area contributed by atoms with E-state index in [4.69, 9.17) is 5.73 Å². The van der Waals surface area contributed by atoms with E-state index in [1.807, 2.05) is 4.90 Å². The average molecular weight is 382 g/mol. The van der Waals surface area contributed by atoms with E-state index in [0.717, 1.165) is 31.4 Å². The second kappa shape index (κ2) is 11.9. The summed E-state index contributed by atoms with van der Waals surface area (Å²) in [7, 11) is 0. The van der Waals surface area contributed by atoms with E-state index in [1.165, 1.54) is 18.4 Å². The van der Waals surface area contributed by atoms with Crippen LogP contribution in [-0.4, -0.2) is 42.9 Å². The Morgan fingerprint density at radius 3 is 2.58 bits per heavy atom. The van der Waals surface area contributed by atoms with Gasteiger partial charge in [0.2, 0.25) is 11.8 Å². The van der Waals surface area contributed by atoms with Crippen LogP contribution in [0.4, 0.5) is 0 Å². The molecular weight excluding hydrogens is 350 g/mol. The van der Waals surface area contributed by atoms with Gasteiger partial charge < -0.3 is 16.0 Å². The molecular formula is C20H32ClN3O2. The number of nitrogens with two attached hydrogens (primary N) is 1. The highest BCUT2D eigenvalue weighted by Crippen LogP contribution is 2.18. The summed E-state index contributed by atoms with van der Waals surface area (Å²) in [6, 6.07) is 8.35. The van der Waals surface area contributed by atoms with Crippen molar-refractivity contribution in [2.75, 3.05) is 26.2 Å². The van der Waals surface area contributed by atoms with Crippen molar-refractivity contribution in [2.24, 2.45) is 11.7 Å². The molecule has 0 spiro atoms. The van der Waals surface area contributed by atoms with E-state index in [-0.39, 0.29) is 30.1 Å². The summed E-state index contributed by atoms with van der Waals surface area (Å²) in [5.41, 5.74) is 7.79. The third kappa shape index (κ3) is 6.96. The molecule has 1 heterocycles. The number of carbonyl (C=O) groups excluding carboxylic acids is 2. The van der Waals surface area contributed by atoms with Crippen molar-refractivity contribution in [1.82, 2.24) is 10.2 Å². The molecule has 1 aliphatic rings. The molecule has 0 aromatic heterocycles. The largest absolute Gasteiger partial charge is 0.355 e. The summed E-state index contributed by atoms with van der Waals surface area (Å²) in [5, 5.41) is 2.83. The fourth-order valence-electron chi connectivity index (χ4n) is 3.25. The molecule has 26 heavy (non-hydrogen) atoms. The van der Waals surface area contributed by atoms with E-state index in [1.54, 1.807) is 0 Å². The minimum atomic E-state index is -0.110. The smallest absolute Gasteiger partial charge is 0.227 e. The van der Waals surface area contributed by atoms with E-state index in [9.17, 15) is 9.59 Å². The van der Waals surface area contributed by atoms with Crippen molar-refractivity contribution in [2.45, 2.75) is 45.4 Å². The molecule has 1 fully saturated rings. The zero-order valence-electron chi connectivity index (χ0n) is 15.7. The third-order valence-corrected chi connectivity index (χ3v) is 4.79. The molecule has 1 saturated heterocycles. The number of nitrogens with one attached hydrogen (secondary N) is 1. The highest BCUT2D eigenvalue weighted by atomic mass is 35.5. The van der Waals surface area contributed by atoms with Gasteiger partial charge in [0.05, 0.1) is 12.3 Å². The maximum Gasteiger partial charge on any atom is 0.227 e. The summed E-state index contributed by atoms with van der Waals surface area (Å²) >= 11 is 0. The standard InChI is InChI=1S/C20H31N3O2.ClH/c1-2-3-5-16-7-9-17(10-8-16)14-19(24)23-13-4-6-18(15-23)20(25)22-12-11-21;/h7-10,18H,2-6,11-15,21H2,1H3,(H,22,25);1H. The van der Waals surface area contributed by atoms with Crippen LogP contribution in [0.2, 0.25) is 0 Å². The van der Waals surface area contributed by atoms with E-state index >= 15 is 0 Å². The number of carbonyl (C=O) groups is 2. The highest BCUT2D eigenvalue weighted by Gasteiger charge is 2.28. The van der Waals surface area contributed by atoms with Crippen LogP contribution >= 0.6 is 12.4 Å². The Balaban J connectivity index is 0.00000338. The summed E-state index contributed by atoms with van der Waals surface area (Å²) < 4.78 is 0. The predicted molar refractivity (Wildman–Crippen MR) is 107 cm³/mol. The van der Waals surface area contributed by atoms with Gasteiger partial charge in [0.15, 0.2) is 0 Å². The van der Waals surface area contributed by atoms with Crippen molar-refractivity contribution < 1.29 is 9.59 Å². The van der Waals surface area contributed by atoms with Gasteiger partial charge in [-0.3, -0.25) is 9.59 Å². The van der Waals surface area contributed by atoms with E-state index in [2.05, 4.69) is 36.5 Å². The third-order valence-electron chi connectivity index (χ3n) is 4.79. The molecule has 5 nitrogen and oxygen atoms in total. The number of unbranched alkanes of at least 4 members (excludes halogenated alkanes) is 1. The highest BCUT2D eigenvalue weighted by molar-refractivity contribution is 5.85. The molecule has 146 valence electrons. The van der Waals surface area contributed by atoms with Gasteiger partial charge in [0, 0.05) is 26.2 Å². The van der Waals surface area contributed by atoms with E-state index < -0.39 is 0 Å². The van der Waals surface area contributed by atoms with E-state index in [0.29, 0.717) is 26.1 Å². The summed E-state index contributed by atoms with van der Waals surface area (Å²) in [5.74, 6) is 0.0153. The van der Waals surface area contributed by atoms with Crippen molar-refractivity contribution >= 4 is 24.2 Å². The molecule has 0 bridgehead atoms.